The summed E-state index contributed by atoms with van der Waals surface area (Å²) in [6.07, 6.45) is 4.36. The maximum atomic E-state index is 13.3. The van der Waals surface area contributed by atoms with Gasteiger partial charge in [-0.15, -0.1) is 0 Å². The molecular weight excluding hydrogens is 418 g/mol. The Morgan fingerprint density at radius 3 is 2.93 bits per heavy atom. The molecule has 5 nitrogen and oxygen atoms in total. The lowest BCUT2D eigenvalue weighted by Gasteiger charge is -2.36. The highest BCUT2D eigenvalue weighted by atomic mass is 79.9. The van der Waals surface area contributed by atoms with Crippen LogP contribution in [-0.4, -0.2) is 27.0 Å². The summed E-state index contributed by atoms with van der Waals surface area (Å²) in [5, 5.41) is 4.49. The SMILES string of the molecule is CC1c2c(cccc2-c2ccco2)CCN1C(=O)c1cc2ccc(Br)cn2n1. The number of hydrogen-bond donors (Lipinski definition) is 0. The second kappa shape index (κ2) is 6.63. The van der Waals surface area contributed by atoms with Crippen molar-refractivity contribution in [3.63, 3.8) is 0 Å². The summed E-state index contributed by atoms with van der Waals surface area (Å²) in [5.74, 6) is 0.780. The van der Waals surface area contributed by atoms with Gasteiger partial charge in [-0.05, 0) is 70.7 Å². The normalized spacial score (nSPS) is 16.4. The van der Waals surface area contributed by atoms with Gasteiger partial charge in [0.1, 0.15) is 5.76 Å². The van der Waals surface area contributed by atoms with Gasteiger partial charge in [0.2, 0.25) is 0 Å². The van der Waals surface area contributed by atoms with Crippen LogP contribution in [0.5, 0.6) is 0 Å². The van der Waals surface area contributed by atoms with Crippen LogP contribution in [0.2, 0.25) is 0 Å². The van der Waals surface area contributed by atoms with Crippen LogP contribution < -0.4 is 0 Å². The molecule has 140 valence electrons. The highest BCUT2D eigenvalue weighted by Crippen LogP contribution is 2.38. The Morgan fingerprint density at radius 2 is 2.11 bits per heavy atom. The summed E-state index contributed by atoms with van der Waals surface area (Å²) < 4.78 is 8.29. The Hall–Kier alpha value is -2.86. The fourth-order valence-corrected chi connectivity index (χ4v) is 4.38. The van der Waals surface area contributed by atoms with E-state index >= 15 is 0 Å². The van der Waals surface area contributed by atoms with Gasteiger partial charge in [0.05, 0.1) is 17.8 Å². The Morgan fingerprint density at radius 1 is 1.21 bits per heavy atom. The van der Waals surface area contributed by atoms with Crippen molar-refractivity contribution in [3.8, 4) is 11.3 Å². The predicted molar refractivity (Wildman–Crippen MR) is 110 cm³/mol. The molecule has 0 spiro atoms. The van der Waals surface area contributed by atoms with Crippen molar-refractivity contribution in [1.82, 2.24) is 14.5 Å². The number of benzene rings is 1. The number of furan rings is 1. The summed E-state index contributed by atoms with van der Waals surface area (Å²) in [6.45, 7) is 2.75. The average molecular weight is 436 g/mol. The Balaban J connectivity index is 1.53. The highest BCUT2D eigenvalue weighted by molar-refractivity contribution is 9.10. The minimum Gasteiger partial charge on any atom is -0.464 e. The fourth-order valence-electron chi connectivity index (χ4n) is 4.05. The fraction of sp³-hybridized carbons (Fsp3) is 0.182. The van der Waals surface area contributed by atoms with Crippen molar-refractivity contribution < 1.29 is 9.21 Å². The summed E-state index contributed by atoms with van der Waals surface area (Å²) >= 11 is 3.44. The van der Waals surface area contributed by atoms with Crippen LogP contribution in [0.3, 0.4) is 0 Å². The van der Waals surface area contributed by atoms with Gasteiger partial charge < -0.3 is 9.32 Å². The van der Waals surface area contributed by atoms with Gasteiger partial charge in [0.25, 0.3) is 5.91 Å². The first-order chi connectivity index (χ1) is 13.6. The van der Waals surface area contributed by atoms with Gasteiger partial charge in [-0.1, -0.05) is 18.2 Å². The number of fused-ring (bicyclic) bond motifs is 2. The molecule has 0 saturated carbocycles. The second-order valence-corrected chi connectivity index (χ2v) is 7.94. The standard InChI is InChI=1S/C22H18BrN3O2/c1-14-21-15(4-2-5-18(21)20-6-3-11-28-20)9-10-25(14)22(27)19-12-17-8-7-16(23)13-26(17)24-19/h2-8,11-14H,9-10H2,1H3. The van der Waals surface area contributed by atoms with Crippen molar-refractivity contribution in [1.29, 1.82) is 0 Å². The van der Waals surface area contributed by atoms with Gasteiger partial charge >= 0.3 is 0 Å². The molecule has 6 heteroatoms. The molecule has 0 fully saturated rings. The van der Waals surface area contributed by atoms with E-state index in [1.807, 2.05) is 41.4 Å². The zero-order valence-electron chi connectivity index (χ0n) is 15.3. The van der Waals surface area contributed by atoms with E-state index in [-0.39, 0.29) is 11.9 Å². The Kier molecular flexibility index (Phi) is 4.09. The molecule has 1 amide bonds. The van der Waals surface area contributed by atoms with Crippen molar-refractivity contribution >= 4 is 27.4 Å². The number of hydrogen-bond acceptors (Lipinski definition) is 3. The monoisotopic (exact) mass is 435 g/mol. The third kappa shape index (κ3) is 2.76. The molecule has 3 aromatic heterocycles. The first kappa shape index (κ1) is 17.3. The van der Waals surface area contributed by atoms with E-state index in [2.05, 4.69) is 46.2 Å². The minimum atomic E-state index is -0.0610. The van der Waals surface area contributed by atoms with Crippen LogP contribution in [0.15, 0.2) is 69.9 Å². The number of amides is 1. The molecule has 0 bridgehead atoms. The Bertz CT molecular complexity index is 1180. The highest BCUT2D eigenvalue weighted by Gasteiger charge is 2.31. The second-order valence-electron chi connectivity index (χ2n) is 7.03. The van der Waals surface area contributed by atoms with Gasteiger partial charge in [-0.25, -0.2) is 4.52 Å². The zero-order chi connectivity index (χ0) is 19.3. The molecule has 1 aromatic carbocycles. The first-order valence-corrected chi connectivity index (χ1v) is 10.0. The molecule has 0 saturated heterocycles. The van der Waals surface area contributed by atoms with E-state index < -0.39 is 0 Å². The lowest BCUT2D eigenvalue weighted by Crippen LogP contribution is -2.39. The maximum absolute atomic E-state index is 13.3. The topological polar surface area (TPSA) is 50.8 Å². The molecule has 1 unspecified atom stereocenters. The summed E-state index contributed by atoms with van der Waals surface area (Å²) in [6, 6.07) is 15.8. The largest absolute Gasteiger partial charge is 0.464 e. The quantitative estimate of drug-likeness (QED) is 0.439. The van der Waals surface area contributed by atoms with Crippen molar-refractivity contribution in [2.24, 2.45) is 0 Å². The van der Waals surface area contributed by atoms with E-state index in [9.17, 15) is 4.79 Å². The van der Waals surface area contributed by atoms with E-state index in [1.165, 1.54) is 5.56 Å². The average Bonchev–Trinajstić information content (AvgIpc) is 3.37. The van der Waals surface area contributed by atoms with E-state index in [0.29, 0.717) is 12.2 Å². The molecule has 1 aliphatic heterocycles. The van der Waals surface area contributed by atoms with Gasteiger partial charge in [-0.2, -0.15) is 5.10 Å². The number of pyridine rings is 1. The van der Waals surface area contributed by atoms with Crippen molar-refractivity contribution in [2.75, 3.05) is 6.54 Å². The molecule has 4 heterocycles. The van der Waals surface area contributed by atoms with Gasteiger partial charge in [-0.3, -0.25) is 4.79 Å². The number of aromatic nitrogens is 2. The molecule has 1 atom stereocenters. The van der Waals surface area contributed by atoms with Crippen LogP contribution in [0.25, 0.3) is 16.8 Å². The molecule has 0 aliphatic carbocycles. The lowest BCUT2D eigenvalue weighted by molar-refractivity contribution is 0.0671. The number of nitrogens with zero attached hydrogens (tertiary/aromatic N) is 3. The molecule has 0 radical (unpaired) electrons. The Labute approximate surface area is 170 Å². The summed E-state index contributed by atoms with van der Waals surface area (Å²) in [7, 11) is 0. The van der Waals surface area contributed by atoms with E-state index in [4.69, 9.17) is 4.42 Å². The molecular formula is C22H18BrN3O2. The molecule has 4 aromatic rings. The summed E-state index contributed by atoms with van der Waals surface area (Å²) in [5.41, 5.74) is 4.83. The molecule has 5 rings (SSSR count). The number of carbonyl (C=O) groups excluding carboxylic acids is 1. The van der Waals surface area contributed by atoms with Crippen LogP contribution in [0.4, 0.5) is 0 Å². The third-order valence-electron chi connectivity index (χ3n) is 5.39. The van der Waals surface area contributed by atoms with E-state index in [1.54, 1.807) is 10.8 Å². The third-order valence-corrected chi connectivity index (χ3v) is 5.86. The molecule has 0 N–H and O–H groups in total. The lowest BCUT2D eigenvalue weighted by atomic mass is 9.88. The van der Waals surface area contributed by atoms with Crippen LogP contribution in [0.1, 0.15) is 34.6 Å². The van der Waals surface area contributed by atoms with Crippen molar-refractivity contribution in [2.45, 2.75) is 19.4 Å². The van der Waals surface area contributed by atoms with Crippen molar-refractivity contribution in [3.05, 3.63) is 82.3 Å². The molecule has 28 heavy (non-hydrogen) atoms. The van der Waals surface area contributed by atoms with Crippen LogP contribution >= 0.6 is 15.9 Å². The maximum Gasteiger partial charge on any atom is 0.274 e. The smallest absolute Gasteiger partial charge is 0.274 e. The minimum absolute atomic E-state index is 0.0489. The van der Waals surface area contributed by atoms with Crippen LogP contribution in [0, 0.1) is 0 Å². The predicted octanol–water partition coefficient (Wildman–Crippen LogP) is 5.12. The first-order valence-electron chi connectivity index (χ1n) is 9.23. The number of carbonyl (C=O) groups is 1. The molecule has 1 aliphatic rings. The van der Waals surface area contributed by atoms with Gasteiger partial charge in [0, 0.05) is 22.8 Å². The van der Waals surface area contributed by atoms with Crippen LogP contribution in [-0.2, 0) is 6.42 Å². The van der Waals surface area contributed by atoms with E-state index in [0.717, 1.165) is 33.3 Å². The number of rotatable bonds is 2. The van der Waals surface area contributed by atoms with Gasteiger partial charge in [0.15, 0.2) is 5.69 Å². The zero-order valence-corrected chi connectivity index (χ0v) is 16.9. The number of halogens is 1. The summed E-state index contributed by atoms with van der Waals surface area (Å²) in [4.78, 5) is 15.2.